The van der Waals surface area contributed by atoms with E-state index in [1.807, 2.05) is 19.9 Å². The van der Waals surface area contributed by atoms with Gasteiger partial charge in [-0.2, -0.15) is 9.78 Å². The normalized spacial score (nSPS) is 10.7. The maximum atomic E-state index is 13.4. The SMILES string of the molecule is COc1cccc(Cn2c(=O)c(C(=O)NCc3ccccn3)nn(-c3ccc(C)c(C)c3)c2=O)c1. The van der Waals surface area contributed by atoms with Crippen molar-refractivity contribution in [3.05, 3.63) is 116 Å². The number of methoxy groups -OCH3 is 1. The molecule has 35 heavy (non-hydrogen) atoms. The van der Waals surface area contributed by atoms with Crippen LogP contribution in [-0.2, 0) is 13.1 Å². The zero-order valence-electron chi connectivity index (χ0n) is 19.7. The van der Waals surface area contributed by atoms with Crippen LogP contribution in [0.25, 0.3) is 5.69 Å². The number of carbonyl (C=O) groups is 1. The monoisotopic (exact) mass is 471 g/mol. The third-order valence-corrected chi connectivity index (χ3v) is 5.64. The van der Waals surface area contributed by atoms with Crippen LogP contribution < -0.4 is 21.3 Å². The third kappa shape index (κ3) is 5.19. The maximum absolute atomic E-state index is 13.4. The fourth-order valence-corrected chi connectivity index (χ4v) is 3.53. The molecule has 2 aromatic carbocycles. The molecule has 0 aliphatic rings. The predicted molar refractivity (Wildman–Crippen MR) is 131 cm³/mol. The first-order valence-corrected chi connectivity index (χ1v) is 11.0. The number of pyridine rings is 1. The molecule has 0 radical (unpaired) electrons. The zero-order chi connectivity index (χ0) is 24.9. The summed E-state index contributed by atoms with van der Waals surface area (Å²) in [5.41, 5.74) is 1.92. The van der Waals surface area contributed by atoms with Crippen molar-refractivity contribution in [2.45, 2.75) is 26.9 Å². The fraction of sp³-hybridized carbons (Fsp3) is 0.192. The lowest BCUT2D eigenvalue weighted by molar-refractivity contribution is 0.0940. The fourth-order valence-electron chi connectivity index (χ4n) is 3.53. The number of benzene rings is 2. The van der Waals surface area contributed by atoms with Gasteiger partial charge in [0.2, 0.25) is 5.69 Å². The lowest BCUT2D eigenvalue weighted by Crippen LogP contribution is -2.46. The molecule has 9 heteroatoms. The molecule has 9 nitrogen and oxygen atoms in total. The summed E-state index contributed by atoms with van der Waals surface area (Å²) in [6.45, 7) is 3.92. The van der Waals surface area contributed by atoms with Crippen LogP contribution in [0.5, 0.6) is 5.75 Å². The Balaban J connectivity index is 1.80. The van der Waals surface area contributed by atoms with Crippen LogP contribution in [0.15, 0.2) is 76.4 Å². The first-order valence-electron chi connectivity index (χ1n) is 11.0. The van der Waals surface area contributed by atoms with Gasteiger partial charge in [-0.25, -0.2) is 4.79 Å². The van der Waals surface area contributed by atoms with E-state index >= 15 is 0 Å². The van der Waals surface area contributed by atoms with Crippen molar-refractivity contribution < 1.29 is 9.53 Å². The van der Waals surface area contributed by atoms with Crippen molar-refractivity contribution in [1.29, 1.82) is 0 Å². The molecule has 2 heterocycles. The highest BCUT2D eigenvalue weighted by atomic mass is 16.5. The van der Waals surface area contributed by atoms with E-state index in [4.69, 9.17) is 4.74 Å². The van der Waals surface area contributed by atoms with Crippen LogP contribution in [0.4, 0.5) is 0 Å². The van der Waals surface area contributed by atoms with E-state index in [1.165, 1.54) is 7.11 Å². The molecular weight excluding hydrogens is 446 g/mol. The van der Waals surface area contributed by atoms with Crippen LogP contribution in [0.2, 0.25) is 0 Å². The highest BCUT2D eigenvalue weighted by molar-refractivity contribution is 5.91. The van der Waals surface area contributed by atoms with Gasteiger partial charge in [0.15, 0.2) is 0 Å². The number of hydrogen-bond acceptors (Lipinski definition) is 6. The lowest BCUT2D eigenvalue weighted by Gasteiger charge is -2.13. The molecule has 0 bridgehead atoms. The number of aryl methyl sites for hydroxylation is 2. The van der Waals surface area contributed by atoms with Gasteiger partial charge in [0.25, 0.3) is 11.5 Å². The number of amides is 1. The van der Waals surface area contributed by atoms with Gasteiger partial charge in [0.1, 0.15) is 5.75 Å². The summed E-state index contributed by atoms with van der Waals surface area (Å²) >= 11 is 0. The van der Waals surface area contributed by atoms with Crippen LogP contribution >= 0.6 is 0 Å². The summed E-state index contributed by atoms with van der Waals surface area (Å²) in [7, 11) is 1.54. The summed E-state index contributed by atoms with van der Waals surface area (Å²) in [5, 5.41) is 6.85. The van der Waals surface area contributed by atoms with Crippen molar-refractivity contribution >= 4 is 5.91 Å². The number of rotatable bonds is 7. The van der Waals surface area contributed by atoms with Crippen molar-refractivity contribution in [2.75, 3.05) is 7.11 Å². The molecule has 0 saturated heterocycles. The van der Waals surface area contributed by atoms with Crippen molar-refractivity contribution in [3.63, 3.8) is 0 Å². The highest BCUT2D eigenvalue weighted by Crippen LogP contribution is 2.14. The number of nitrogens with one attached hydrogen (secondary N) is 1. The van der Waals surface area contributed by atoms with E-state index < -0.39 is 17.2 Å². The average Bonchev–Trinajstić information content (AvgIpc) is 2.87. The summed E-state index contributed by atoms with van der Waals surface area (Å²) in [6.07, 6.45) is 1.61. The molecule has 1 N–H and O–H groups in total. The van der Waals surface area contributed by atoms with Crippen LogP contribution in [0, 0.1) is 13.8 Å². The molecule has 0 atom stereocenters. The molecule has 0 saturated carbocycles. The molecule has 2 aromatic heterocycles. The number of ether oxygens (including phenoxy) is 1. The molecule has 0 aliphatic carbocycles. The molecule has 4 rings (SSSR count). The van der Waals surface area contributed by atoms with Gasteiger partial charge in [-0.15, -0.1) is 0 Å². The van der Waals surface area contributed by atoms with Gasteiger partial charge in [0.05, 0.1) is 31.6 Å². The lowest BCUT2D eigenvalue weighted by atomic mass is 10.1. The summed E-state index contributed by atoms with van der Waals surface area (Å²) in [6, 6.07) is 17.7. The number of nitrogens with zero attached hydrogens (tertiary/aromatic N) is 4. The quantitative estimate of drug-likeness (QED) is 0.443. The van der Waals surface area contributed by atoms with E-state index in [0.717, 1.165) is 20.4 Å². The highest BCUT2D eigenvalue weighted by Gasteiger charge is 2.21. The summed E-state index contributed by atoms with van der Waals surface area (Å²) in [5.74, 6) is -0.106. The van der Waals surface area contributed by atoms with Gasteiger partial charge < -0.3 is 10.1 Å². The van der Waals surface area contributed by atoms with E-state index in [9.17, 15) is 14.4 Å². The Bertz CT molecular complexity index is 1490. The standard InChI is InChI=1S/C26H25N5O4/c1-17-10-11-21(13-18(17)2)31-26(34)30(16-19-7-6-9-22(14-19)35-3)25(33)23(29-31)24(32)28-15-20-8-4-5-12-27-20/h4-14H,15-16H2,1-3H3,(H,28,32). The van der Waals surface area contributed by atoms with E-state index in [2.05, 4.69) is 15.4 Å². The minimum atomic E-state index is -0.781. The Morgan fingerprint density at radius 2 is 1.83 bits per heavy atom. The Labute approximate surface area is 201 Å². The van der Waals surface area contributed by atoms with Crippen molar-refractivity contribution in [2.24, 2.45) is 0 Å². The van der Waals surface area contributed by atoms with Gasteiger partial charge >= 0.3 is 5.69 Å². The Kier molecular flexibility index (Phi) is 6.86. The molecule has 1 amide bonds. The molecular formula is C26H25N5O4. The Hall–Kier alpha value is -4.53. The van der Waals surface area contributed by atoms with Crippen LogP contribution in [0.1, 0.15) is 32.9 Å². The Morgan fingerprint density at radius 3 is 2.54 bits per heavy atom. The van der Waals surface area contributed by atoms with Crippen molar-refractivity contribution in [3.8, 4) is 11.4 Å². The minimum absolute atomic E-state index is 0.0528. The maximum Gasteiger partial charge on any atom is 0.352 e. The van der Waals surface area contributed by atoms with Crippen molar-refractivity contribution in [1.82, 2.24) is 24.6 Å². The van der Waals surface area contributed by atoms with Crippen LogP contribution in [-0.4, -0.2) is 32.3 Å². The largest absolute Gasteiger partial charge is 0.497 e. The molecule has 0 unspecified atom stereocenters. The smallest absolute Gasteiger partial charge is 0.352 e. The van der Waals surface area contributed by atoms with E-state index in [1.54, 1.807) is 60.8 Å². The van der Waals surface area contributed by atoms with Gasteiger partial charge in [0, 0.05) is 6.20 Å². The third-order valence-electron chi connectivity index (χ3n) is 5.64. The number of hydrogen-bond donors (Lipinski definition) is 1. The summed E-state index contributed by atoms with van der Waals surface area (Å²) < 4.78 is 7.35. The van der Waals surface area contributed by atoms with Gasteiger partial charge in [-0.05, 0) is 66.9 Å². The predicted octanol–water partition coefficient (Wildman–Crippen LogP) is 2.39. The molecule has 0 aliphatic heterocycles. The number of carbonyl (C=O) groups excluding carboxylic acids is 1. The second-order valence-corrected chi connectivity index (χ2v) is 8.06. The minimum Gasteiger partial charge on any atom is -0.497 e. The van der Waals surface area contributed by atoms with Gasteiger partial charge in [-0.3, -0.25) is 19.1 Å². The average molecular weight is 472 g/mol. The number of aromatic nitrogens is 4. The van der Waals surface area contributed by atoms with E-state index in [0.29, 0.717) is 22.7 Å². The van der Waals surface area contributed by atoms with Gasteiger partial charge in [-0.1, -0.05) is 24.3 Å². The Morgan fingerprint density at radius 1 is 1.00 bits per heavy atom. The topological polar surface area (TPSA) is 108 Å². The molecule has 0 fully saturated rings. The zero-order valence-corrected chi connectivity index (χ0v) is 19.7. The van der Waals surface area contributed by atoms with E-state index in [-0.39, 0.29) is 18.8 Å². The first kappa shape index (κ1) is 23.6. The molecule has 4 aromatic rings. The second-order valence-electron chi connectivity index (χ2n) is 8.06. The molecule has 178 valence electrons. The molecule has 0 spiro atoms. The summed E-state index contributed by atoms with van der Waals surface area (Å²) in [4.78, 5) is 43.9. The second kappa shape index (κ2) is 10.2. The first-order chi connectivity index (χ1) is 16.9. The van der Waals surface area contributed by atoms with Crippen LogP contribution in [0.3, 0.4) is 0 Å².